The second kappa shape index (κ2) is 12.5. The van der Waals surface area contributed by atoms with Gasteiger partial charge in [0.25, 0.3) is 0 Å². The highest BCUT2D eigenvalue weighted by Gasteiger charge is 2.26. The minimum atomic E-state index is -0.445. The van der Waals surface area contributed by atoms with E-state index < -0.39 is 5.92 Å². The van der Waals surface area contributed by atoms with E-state index in [0.29, 0.717) is 18.9 Å². The van der Waals surface area contributed by atoms with Gasteiger partial charge in [0.05, 0.1) is 18.9 Å². The highest BCUT2D eigenvalue weighted by atomic mass is 16.5. The molecule has 0 fully saturated rings. The third kappa shape index (κ3) is 6.79. The predicted octanol–water partition coefficient (Wildman–Crippen LogP) is 7.21. The minimum absolute atomic E-state index is 0.104. The summed E-state index contributed by atoms with van der Waals surface area (Å²) in [4.78, 5) is 25.4. The van der Waals surface area contributed by atoms with Crippen LogP contribution in [0.25, 0.3) is 0 Å². The molecule has 0 N–H and O–H groups in total. The van der Waals surface area contributed by atoms with Gasteiger partial charge < -0.3 is 4.74 Å². The lowest BCUT2D eigenvalue weighted by molar-refractivity contribution is -0.145. The number of carbonyl (C=O) groups excluding carboxylic acids is 2. The summed E-state index contributed by atoms with van der Waals surface area (Å²) in [5.74, 6) is -0.233. The zero-order valence-corrected chi connectivity index (χ0v) is 21.1. The first kappa shape index (κ1) is 25.7. The number of benzene rings is 2. The fraction of sp³-hybridized carbons (Fsp3) is 0.419. The molecule has 0 aliphatic heterocycles. The van der Waals surface area contributed by atoms with Crippen LogP contribution >= 0.6 is 0 Å². The van der Waals surface area contributed by atoms with Crippen LogP contribution in [-0.2, 0) is 20.7 Å². The zero-order chi connectivity index (χ0) is 24.5. The summed E-state index contributed by atoms with van der Waals surface area (Å²) in [6.07, 6.45) is 8.92. The molecule has 1 aliphatic rings. The smallest absolute Gasteiger partial charge is 0.306 e. The van der Waals surface area contributed by atoms with E-state index in [1.165, 1.54) is 27.8 Å². The van der Waals surface area contributed by atoms with Gasteiger partial charge in [-0.2, -0.15) is 0 Å². The number of Topliss-reactive ketones (excluding diaryl/α,β-unsaturated/α-hetero) is 1. The van der Waals surface area contributed by atoms with Gasteiger partial charge in [0, 0.05) is 12.3 Å². The van der Waals surface area contributed by atoms with Crippen molar-refractivity contribution in [2.75, 3.05) is 6.61 Å². The lowest BCUT2D eigenvalue weighted by atomic mass is 9.84. The summed E-state index contributed by atoms with van der Waals surface area (Å²) in [6, 6.07) is 16.3. The molecule has 0 bridgehead atoms. The Hall–Kier alpha value is -2.94. The van der Waals surface area contributed by atoms with Crippen LogP contribution in [0, 0.1) is 19.8 Å². The van der Waals surface area contributed by atoms with Gasteiger partial charge in [0.2, 0.25) is 0 Å². The van der Waals surface area contributed by atoms with E-state index >= 15 is 0 Å². The van der Waals surface area contributed by atoms with Crippen LogP contribution in [0.1, 0.15) is 74.1 Å². The molecule has 180 valence electrons. The first-order valence-corrected chi connectivity index (χ1v) is 12.6. The SMILES string of the molecule is CCOC(=O)CC(C(=O)CCC1=CC=C(CCc2ccc(C)cc2C)C1CC)c1ccccc1. The van der Waals surface area contributed by atoms with Crippen molar-refractivity contribution >= 4 is 11.8 Å². The van der Waals surface area contributed by atoms with Crippen molar-refractivity contribution in [1.29, 1.82) is 0 Å². The van der Waals surface area contributed by atoms with Crippen LogP contribution in [0.2, 0.25) is 0 Å². The van der Waals surface area contributed by atoms with Gasteiger partial charge in [0.15, 0.2) is 0 Å². The molecule has 2 atom stereocenters. The summed E-state index contributed by atoms with van der Waals surface area (Å²) in [5, 5.41) is 0. The quantitative estimate of drug-likeness (QED) is 0.316. The Morgan fingerprint density at radius 1 is 0.912 bits per heavy atom. The van der Waals surface area contributed by atoms with Gasteiger partial charge in [-0.15, -0.1) is 0 Å². The Labute approximate surface area is 204 Å². The molecule has 0 amide bonds. The van der Waals surface area contributed by atoms with Crippen LogP contribution in [0.3, 0.4) is 0 Å². The molecule has 2 aromatic rings. The maximum Gasteiger partial charge on any atom is 0.306 e. The van der Waals surface area contributed by atoms with Crippen LogP contribution in [0.5, 0.6) is 0 Å². The summed E-state index contributed by atoms with van der Waals surface area (Å²) >= 11 is 0. The first-order chi connectivity index (χ1) is 16.4. The maximum atomic E-state index is 13.2. The molecule has 3 rings (SSSR count). The third-order valence-electron chi connectivity index (χ3n) is 6.92. The Kier molecular flexibility index (Phi) is 9.44. The predicted molar refractivity (Wildman–Crippen MR) is 139 cm³/mol. The summed E-state index contributed by atoms with van der Waals surface area (Å²) in [5.41, 5.74) is 7.78. The maximum absolute atomic E-state index is 13.2. The fourth-order valence-corrected chi connectivity index (χ4v) is 5.06. The number of aryl methyl sites for hydroxylation is 3. The monoisotopic (exact) mass is 458 g/mol. The number of hydrogen-bond acceptors (Lipinski definition) is 3. The minimum Gasteiger partial charge on any atom is -0.466 e. The molecule has 34 heavy (non-hydrogen) atoms. The molecule has 2 aromatic carbocycles. The van der Waals surface area contributed by atoms with Crippen molar-refractivity contribution in [1.82, 2.24) is 0 Å². The van der Waals surface area contributed by atoms with Crippen molar-refractivity contribution in [3.05, 3.63) is 94.1 Å². The molecule has 0 aromatic heterocycles. The van der Waals surface area contributed by atoms with Crippen LogP contribution in [-0.4, -0.2) is 18.4 Å². The van der Waals surface area contributed by atoms with E-state index in [1.54, 1.807) is 6.92 Å². The lowest BCUT2D eigenvalue weighted by Gasteiger charge is -2.20. The van der Waals surface area contributed by atoms with Crippen LogP contribution in [0.4, 0.5) is 0 Å². The molecule has 0 radical (unpaired) electrons. The fourth-order valence-electron chi connectivity index (χ4n) is 5.06. The number of carbonyl (C=O) groups is 2. The normalized spacial score (nSPS) is 16.1. The molecule has 0 heterocycles. The molecule has 1 aliphatic carbocycles. The average Bonchev–Trinajstić information content (AvgIpc) is 3.23. The van der Waals surface area contributed by atoms with Crippen molar-refractivity contribution in [3.8, 4) is 0 Å². The molecule has 0 saturated heterocycles. The van der Waals surface area contributed by atoms with Crippen molar-refractivity contribution < 1.29 is 14.3 Å². The molecule has 3 nitrogen and oxygen atoms in total. The van der Waals surface area contributed by atoms with Gasteiger partial charge in [0.1, 0.15) is 5.78 Å². The molecule has 3 heteroatoms. The standard InChI is InChI=1S/C31H38O3/c1-5-28-26(15-14-24-13-12-22(3)20-23(24)4)16-17-27(28)18-19-30(32)29(21-31(33)34-6-2)25-10-8-7-9-11-25/h7-13,16-17,20,28-29H,5-6,14-15,18-19,21H2,1-4H3. The highest BCUT2D eigenvalue weighted by molar-refractivity contribution is 5.90. The molecule has 0 saturated carbocycles. The first-order valence-electron chi connectivity index (χ1n) is 12.6. The van der Waals surface area contributed by atoms with Crippen LogP contribution in [0.15, 0.2) is 71.8 Å². The van der Waals surface area contributed by atoms with Gasteiger partial charge in [-0.25, -0.2) is 0 Å². The average molecular weight is 459 g/mol. The highest BCUT2D eigenvalue weighted by Crippen LogP contribution is 2.36. The van der Waals surface area contributed by atoms with Crippen molar-refractivity contribution in [2.45, 2.75) is 72.1 Å². The topological polar surface area (TPSA) is 43.4 Å². The largest absolute Gasteiger partial charge is 0.466 e. The Morgan fingerprint density at radius 3 is 2.26 bits per heavy atom. The van der Waals surface area contributed by atoms with E-state index in [-0.39, 0.29) is 18.2 Å². The summed E-state index contributed by atoms with van der Waals surface area (Å²) in [6.45, 7) is 8.67. The van der Waals surface area contributed by atoms with Gasteiger partial charge in [-0.05, 0) is 63.1 Å². The number of esters is 1. The van der Waals surface area contributed by atoms with Gasteiger partial charge in [-0.3, -0.25) is 9.59 Å². The van der Waals surface area contributed by atoms with Crippen molar-refractivity contribution in [3.63, 3.8) is 0 Å². The van der Waals surface area contributed by atoms with E-state index in [2.05, 4.69) is 51.1 Å². The second-order valence-electron chi connectivity index (χ2n) is 9.31. The Morgan fingerprint density at radius 2 is 1.62 bits per heavy atom. The van der Waals surface area contributed by atoms with Crippen molar-refractivity contribution in [2.24, 2.45) is 5.92 Å². The molecular weight excluding hydrogens is 420 g/mol. The van der Waals surface area contributed by atoms with E-state index in [0.717, 1.165) is 31.2 Å². The van der Waals surface area contributed by atoms with Crippen LogP contribution < -0.4 is 0 Å². The van der Waals surface area contributed by atoms with E-state index in [9.17, 15) is 9.59 Å². The van der Waals surface area contributed by atoms with Gasteiger partial charge >= 0.3 is 5.97 Å². The lowest BCUT2D eigenvalue weighted by Crippen LogP contribution is -2.19. The third-order valence-corrected chi connectivity index (χ3v) is 6.92. The Bertz CT molecular complexity index is 1050. The number of hydrogen-bond donors (Lipinski definition) is 0. The molecule has 0 spiro atoms. The number of rotatable bonds is 12. The van der Waals surface area contributed by atoms with Gasteiger partial charge in [-0.1, -0.05) is 84.3 Å². The number of ether oxygens (including phenoxy) is 1. The van der Waals surface area contributed by atoms with E-state index in [1.807, 2.05) is 30.3 Å². The molecule has 2 unspecified atom stereocenters. The summed E-state index contributed by atoms with van der Waals surface area (Å²) < 4.78 is 5.14. The number of allylic oxidation sites excluding steroid dienone is 4. The number of ketones is 1. The second-order valence-corrected chi connectivity index (χ2v) is 9.31. The summed E-state index contributed by atoms with van der Waals surface area (Å²) in [7, 11) is 0. The zero-order valence-electron chi connectivity index (χ0n) is 21.1. The van der Waals surface area contributed by atoms with E-state index in [4.69, 9.17) is 4.74 Å². The molecular formula is C31H38O3. The Balaban J connectivity index is 1.60.